The van der Waals surface area contributed by atoms with Crippen molar-refractivity contribution in [3.05, 3.63) is 57.9 Å². The van der Waals surface area contributed by atoms with Crippen molar-refractivity contribution in [2.75, 3.05) is 6.61 Å². The number of halogens is 5. The summed E-state index contributed by atoms with van der Waals surface area (Å²) in [5, 5.41) is 9.69. The Kier molecular flexibility index (Phi) is 5.97. The lowest BCUT2D eigenvalue weighted by atomic mass is 9.98. The fraction of sp³-hybridized carbons (Fsp3) is 0.312. The first-order valence-corrected chi connectivity index (χ1v) is 8.28. The molecule has 0 spiro atoms. The van der Waals surface area contributed by atoms with E-state index in [0.29, 0.717) is 10.6 Å². The van der Waals surface area contributed by atoms with Gasteiger partial charge in [-0.05, 0) is 24.6 Å². The fourth-order valence-electron chi connectivity index (χ4n) is 2.37. The first-order chi connectivity index (χ1) is 11.3. The van der Waals surface area contributed by atoms with E-state index in [2.05, 4.69) is 20.9 Å². The van der Waals surface area contributed by atoms with Crippen LogP contribution in [0.4, 0.5) is 13.2 Å². The molecule has 1 heterocycles. The summed E-state index contributed by atoms with van der Waals surface area (Å²) in [6.45, 7) is 1.87. The summed E-state index contributed by atoms with van der Waals surface area (Å²) in [4.78, 5) is 1.57. The summed E-state index contributed by atoms with van der Waals surface area (Å²) in [5.74, 6) is 0. The van der Waals surface area contributed by atoms with Gasteiger partial charge in [0, 0.05) is 23.4 Å². The van der Waals surface area contributed by atoms with Crippen LogP contribution in [0.3, 0.4) is 0 Å². The van der Waals surface area contributed by atoms with Gasteiger partial charge in [0.2, 0.25) is 0 Å². The van der Waals surface area contributed by atoms with Gasteiger partial charge in [0.05, 0.1) is 10.4 Å². The number of H-pyrrole nitrogens is 1. The lowest BCUT2D eigenvalue weighted by Crippen LogP contribution is -2.17. The van der Waals surface area contributed by atoms with Gasteiger partial charge >= 0.3 is 6.18 Å². The molecule has 0 aliphatic carbocycles. The van der Waals surface area contributed by atoms with Gasteiger partial charge in [-0.1, -0.05) is 39.7 Å². The van der Waals surface area contributed by atoms with Gasteiger partial charge in [-0.15, -0.1) is 0 Å². The first kappa shape index (κ1) is 18.8. The number of nitrogens with one attached hydrogen (secondary N) is 1. The Balaban J connectivity index is 2.53. The van der Waals surface area contributed by atoms with Crippen molar-refractivity contribution < 1.29 is 17.9 Å². The van der Waals surface area contributed by atoms with E-state index in [-0.39, 0.29) is 17.7 Å². The van der Waals surface area contributed by atoms with E-state index in [0.717, 1.165) is 6.20 Å². The molecule has 1 aromatic carbocycles. The molecule has 1 N–H and O–H groups in total. The van der Waals surface area contributed by atoms with Crippen molar-refractivity contribution in [3.63, 3.8) is 0 Å². The van der Waals surface area contributed by atoms with E-state index in [9.17, 15) is 18.4 Å². The molecule has 0 amide bonds. The van der Waals surface area contributed by atoms with E-state index < -0.39 is 22.8 Å². The van der Waals surface area contributed by atoms with Crippen LogP contribution in [0.15, 0.2) is 30.5 Å². The van der Waals surface area contributed by atoms with Crippen LogP contribution < -0.4 is 0 Å². The quantitative estimate of drug-likeness (QED) is 0.623. The van der Waals surface area contributed by atoms with Crippen molar-refractivity contribution in [2.45, 2.75) is 24.0 Å². The highest BCUT2D eigenvalue weighted by molar-refractivity contribution is 9.09. The largest absolute Gasteiger partial charge is 0.431 e. The van der Waals surface area contributed by atoms with Crippen molar-refractivity contribution in [3.8, 4) is 6.07 Å². The predicted octanol–water partition coefficient (Wildman–Crippen LogP) is 5.77. The molecule has 8 heteroatoms. The van der Waals surface area contributed by atoms with Gasteiger partial charge in [-0.3, -0.25) is 0 Å². The molecule has 1 aromatic heterocycles. The van der Waals surface area contributed by atoms with Crippen molar-refractivity contribution >= 4 is 27.5 Å². The topological polar surface area (TPSA) is 48.8 Å². The highest BCUT2D eigenvalue weighted by Gasteiger charge is 2.40. The van der Waals surface area contributed by atoms with E-state index >= 15 is 0 Å². The maximum atomic E-state index is 13.3. The van der Waals surface area contributed by atoms with E-state index in [1.165, 1.54) is 0 Å². The molecule has 0 saturated carbocycles. The van der Waals surface area contributed by atoms with Crippen LogP contribution in [-0.4, -0.2) is 11.6 Å². The van der Waals surface area contributed by atoms with Gasteiger partial charge in [0.1, 0.15) is 17.9 Å². The highest BCUT2D eigenvalue weighted by atomic mass is 79.9. The average molecular weight is 422 g/mol. The number of benzene rings is 1. The van der Waals surface area contributed by atoms with Crippen LogP contribution in [-0.2, 0) is 10.9 Å². The third-order valence-electron chi connectivity index (χ3n) is 3.41. The molecular weight excluding hydrogens is 409 g/mol. The third-order valence-corrected chi connectivity index (χ3v) is 4.67. The molecular formula is C16H13BrClF3N2O. The van der Waals surface area contributed by atoms with E-state index in [1.54, 1.807) is 37.3 Å². The van der Waals surface area contributed by atoms with Crippen LogP contribution in [0, 0.1) is 11.3 Å². The molecule has 0 bridgehead atoms. The molecule has 0 fully saturated rings. The minimum atomic E-state index is -4.62. The zero-order valence-electron chi connectivity index (χ0n) is 12.5. The van der Waals surface area contributed by atoms with E-state index in [4.69, 9.17) is 16.3 Å². The van der Waals surface area contributed by atoms with Gasteiger partial charge in [0.15, 0.2) is 0 Å². The number of hydrogen-bond donors (Lipinski definition) is 1. The maximum absolute atomic E-state index is 13.3. The molecule has 0 aliphatic heterocycles. The second-order valence-corrected chi connectivity index (χ2v) is 6.35. The Labute approximate surface area is 150 Å². The molecule has 0 aliphatic rings. The van der Waals surface area contributed by atoms with Crippen LogP contribution in [0.5, 0.6) is 0 Å². The predicted molar refractivity (Wildman–Crippen MR) is 88.0 cm³/mol. The minimum absolute atomic E-state index is 0.0980. The Morgan fingerprint density at radius 3 is 2.46 bits per heavy atom. The molecule has 128 valence electrons. The molecule has 2 atom stereocenters. The number of nitriles is 1. The fourth-order valence-corrected chi connectivity index (χ4v) is 3.22. The maximum Gasteiger partial charge on any atom is 0.431 e. The summed E-state index contributed by atoms with van der Waals surface area (Å²) in [7, 11) is 0. The van der Waals surface area contributed by atoms with Gasteiger partial charge < -0.3 is 9.72 Å². The first-order valence-electron chi connectivity index (χ1n) is 6.99. The number of alkyl halides is 4. The molecule has 24 heavy (non-hydrogen) atoms. The lowest BCUT2D eigenvalue weighted by molar-refractivity contribution is -0.142. The molecule has 3 nitrogen and oxygen atoms in total. The summed E-state index contributed by atoms with van der Waals surface area (Å²) in [6, 6.07) is 8.46. The van der Waals surface area contributed by atoms with Gasteiger partial charge in [-0.2, -0.15) is 18.4 Å². The van der Waals surface area contributed by atoms with Crippen LogP contribution in [0.2, 0.25) is 5.02 Å². The third kappa shape index (κ3) is 3.94. The van der Waals surface area contributed by atoms with E-state index in [1.807, 2.05) is 0 Å². The number of aromatic nitrogens is 1. The molecule has 2 aromatic rings. The van der Waals surface area contributed by atoms with Crippen LogP contribution in [0.1, 0.15) is 40.2 Å². The SMILES string of the molecule is CCOC(c1c(C#N)c[nH]c1C(F)(F)F)C(Br)c1ccc(Cl)cc1. The molecule has 2 rings (SSSR count). The lowest BCUT2D eigenvalue weighted by Gasteiger charge is -2.24. The van der Waals surface area contributed by atoms with Crippen molar-refractivity contribution in [2.24, 2.45) is 0 Å². The Bertz CT molecular complexity index is 737. The zero-order valence-corrected chi connectivity index (χ0v) is 14.8. The summed E-state index contributed by atoms with van der Waals surface area (Å²) in [6.07, 6.45) is -4.56. The smallest absolute Gasteiger partial charge is 0.372 e. The molecule has 2 unspecified atom stereocenters. The highest BCUT2D eigenvalue weighted by Crippen LogP contribution is 2.45. The number of rotatable bonds is 5. The molecule has 0 saturated heterocycles. The van der Waals surface area contributed by atoms with Crippen LogP contribution in [0.25, 0.3) is 0 Å². The number of hydrogen-bond acceptors (Lipinski definition) is 2. The second kappa shape index (κ2) is 7.60. The second-order valence-electron chi connectivity index (χ2n) is 4.93. The summed E-state index contributed by atoms with van der Waals surface area (Å²) < 4.78 is 45.4. The van der Waals surface area contributed by atoms with Crippen LogP contribution >= 0.6 is 27.5 Å². The zero-order chi connectivity index (χ0) is 17.9. The van der Waals surface area contributed by atoms with Crippen molar-refractivity contribution in [1.29, 1.82) is 5.26 Å². The summed E-state index contributed by atoms with van der Waals surface area (Å²) >= 11 is 9.25. The normalized spacial score (nSPS) is 14.2. The Morgan fingerprint density at radius 2 is 1.96 bits per heavy atom. The number of nitrogens with zero attached hydrogens (tertiary/aromatic N) is 1. The monoisotopic (exact) mass is 420 g/mol. The Hall–Kier alpha value is -1.49. The minimum Gasteiger partial charge on any atom is -0.372 e. The number of ether oxygens (including phenoxy) is 1. The summed E-state index contributed by atoms with van der Waals surface area (Å²) in [5.41, 5.74) is -0.588. The standard InChI is InChI=1S/C16H13BrClF3N2O/c1-2-24-14(13(17)9-3-5-11(18)6-4-9)12-10(7-22)8-23-15(12)16(19,20)21/h3-6,8,13-14,23H,2H2,1H3. The molecule has 0 radical (unpaired) electrons. The van der Waals surface area contributed by atoms with Crippen molar-refractivity contribution in [1.82, 2.24) is 4.98 Å². The van der Waals surface area contributed by atoms with Gasteiger partial charge in [0.25, 0.3) is 0 Å². The Morgan fingerprint density at radius 1 is 1.33 bits per heavy atom. The average Bonchev–Trinajstić information content (AvgIpc) is 2.96. The number of aromatic amines is 1. The van der Waals surface area contributed by atoms with Gasteiger partial charge in [-0.25, -0.2) is 0 Å².